The van der Waals surface area contributed by atoms with E-state index >= 15 is 0 Å². The Morgan fingerprint density at radius 3 is 2.23 bits per heavy atom. The maximum atomic E-state index is 12.9. The van der Waals surface area contributed by atoms with Crippen LogP contribution < -0.4 is 5.32 Å². The zero-order valence-electron chi connectivity index (χ0n) is 17.2. The summed E-state index contributed by atoms with van der Waals surface area (Å²) >= 11 is 0. The lowest BCUT2D eigenvalue weighted by Crippen LogP contribution is -2.40. The van der Waals surface area contributed by atoms with Crippen molar-refractivity contribution in [1.29, 1.82) is 0 Å². The minimum Gasteiger partial charge on any atom is -0.347 e. The number of alkyl halides is 3. The lowest BCUT2D eigenvalue weighted by Gasteiger charge is -2.21. The van der Waals surface area contributed by atoms with E-state index in [9.17, 15) is 18.0 Å². The first-order valence-electron chi connectivity index (χ1n) is 9.52. The fourth-order valence-electron chi connectivity index (χ4n) is 2.99. The first kappa shape index (κ1) is 21.5. The molecule has 1 aromatic carbocycles. The summed E-state index contributed by atoms with van der Waals surface area (Å²) in [5.74, 6) is -0.290. The molecule has 1 N–H and O–H groups in total. The topological polar surface area (TPSA) is 59.8 Å². The van der Waals surface area contributed by atoms with Crippen molar-refractivity contribution in [3.8, 4) is 22.6 Å². The molecular weight excluding hydrogens is 393 g/mol. The molecule has 0 aliphatic carbocycles. The van der Waals surface area contributed by atoms with Crippen LogP contribution in [-0.4, -0.2) is 26.2 Å². The van der Waals surface area contributed by atoms with Crippen LogP contribution in [0.2, 0.25) is 0 Å². The summed E-state index contributed by atoms with van der Waals surface area (Å²) in [6.45, 7) is 8.16. The fourth-order valence-corrected chi connectivity index (χ4v) is 2.99. The van der Waals surface area contributed by atoms with Gasteiger partial charge in [0.15, 0.2) is 0 Å². The van der Waals surface area contributed by atoms with Crippen molar-refractivity contribution < 1.29 is 18.0 Å². The predicted octanol–water partition coefficient (Wildman–Crippen LogP) is 5.18. The number of hydrogen-bond acceptors (Lipinski definition) is 3. The zero-order chi connectivity index (χ0) is 22.1. The van der Waals surface area contributed by atoms with E-state index in [2.05, 4.69) is 15.4 Å². The second-order valence-electron chi connectivity index (χ2n) is 7.94. The van der Waals surface area contributed by atoms with Crippen LogP contribution in [0.15, 0.2) is 48.7 Å². The molecule has 0 aliphatic heterocycles. The molecule has 0 spiro atoms. The van der Waals surface area contributed by atoms with Crippen molar-refractivity contribution in [2.24, 2.45) is 0 Å². The molecule has 5 nitrogen and oxygen atoms in total. The summed E-state index contributed by atoms with van der Waals surface area (Å²) in [4.78, 5) is 17.4. The second-order valence-corrected chi connectivity index (χ2v) is 7.94. The molecule has 0 saturated heterocycles. The monoisotopic (exact) mass is 416 g/mol. The molecule has 0 saturated carbocycles. The van der Waals surface area contributed by atoms with E-state index in [1.165, 1.54) is 12.1 Å². The number of halogens is 3. The predicted molar refractivity (Wildman–Crippen MR) is 109 cm³/mol. The Balaban J connectivity index is 2.11. The Kier molecular flexibility index (Phi) is 5.70. The van der Waals surface area contributed by atoms with Crippen LogP contribution in [-0.2, 0) is 12.7 Å². The van der Waals surface area contributed by atoms with Gasteiger partial charge in [0.1, 0.15) is 0 Å². The molecular formula is C22H23F3N4O. The van der Waals surface area contributed by atoms with Crippen LogP contribution in [0.4, 0.5) is 13.2 Å². The number of carbonyl (C=O) groups excluding carboxylic acids is 1. The summed E-state index contributed by atoms with van der Waals surface area (Å²) in [5.41, 5.74) is 1.31. The minimum absolute atomic E-state index is 0.290. The van der Waals surface area contributed by atoms with Crippen molar-refractivity contribution in [3.63, 3.8) is 0 Å². The SMILES string of the molecule is CCn1nccc1-c1cc(C(=O)NC(C)(C)C)cc(-c2ccc(C(F)(F)F)cc2)n1. The van der Waals surface area contributed by atoms with E-state index in [0.717, 1.165) is 17.8 Å². The fraction of sp³-hybridized carbons (Fsp3) is 0.318. The van der Waals surface area contributed by atoms with Gasteiger partial charge in [0.05, 0.1) is 22.6 Å². The van der Waals surface area contributed by atoms with Gasteiger partial charge in [-0.2, -0.15) is 18.3 Å². The average Bonchev–Trinajstić information content (AvgIpc) is 3.14. The third-order valence-electron chi connectivity index (χ3n) is 4.36. The van der Waals surface area contributed by atoms with E-state index in [0.29, 0.717) is 29.1 Å². The van der Waals surface area contributed by atoms with E-state index in [1.807, 2.05) is 27.7 Å². The standard InChI is InChI=1S/C22H23F3N4O/c1-5-29-19(10-11-26-29)18-13-15(20(30)28-21(2,3)4)12-17(27-18)14-6-8-16(9-7-14)22(23,24)25/h6-13H,5H2,1-4H3,(H,28,30). The summed E-state index contributed by atoms with van der Waals surface area (Å²) in [7, 11) is 0. The van der Waals surface area contributed by atoms with Crippen molar-refractivity contribution >= 4 is 5.91 Å². The molecule has 3 rings (SSSR count). The number of pyridine rings is 1. The number of nitrogens with zero attached hydrogens (tertiary/aromatic N) is 3. The summed E-state index contributed by atoms with van der Waals surface area (Å²) < 4.78 is 40.5. The number of rotatable bonds is 4. The Labute approximate surface area is 173 Å². The normalized spacial score (nSPS) is 12.1. The first-order valence-corrected chi connectivity index (χ1v) is 9.52. The third-order valence-corrected chi connectivity index (χ3v) is 4.36. The van der Waals surface area contributed by atoms with Crippen LogP contribution >= 0.6 is 0 Å². The van der Waals surface area contributed by atoms with Crippen molar-refractivity contribution in [1.82, 2.24) is 20.1 Å². The highest BCUT2D eigenvalue weighted by atomic mass is 19.4. The Morgan fingerprint density at radius 2 is 1.67 bits per heavy atom. The third kappa shape index (κ3) is 4.87. The first-order chi connectivity index (χ1) is 14.0. The van der Waals surface area contributed by atoms with Gasteiger partial charge in [-0.05, 0) is 58.0 Å². The average molecular weight is 416 g/mol. The zero-order valence-corrected chi connectivity index (χ0v) is 17.2. The van der Waals surface area contributed by atoms with Crippen LogP contribution in [0.1, 0.15) is 43.6 Å². The number of aryl methyl sites for hydroxylation is 1. The highest BCUT2D eigenvalue weighted by Gasteiger charge is 2.30. The summed E-state index contributed by atoms with van der Waals surface area (Å²) in [5, 5.41) is 7.14. The van der Waals surface area contributed by atoms with Crippen LogP contribution in [0.25, 0.3) is 22.6 Å². The lowest BCUT2D eigenvalue weighted by atomic mass is 10.0. The molecule has 0 bridgehead atoms. The van der Waals surface area contributed by atoms with Crippen molar-refractivity contribution in [3.05, 3.63) is 59.8 Å². The Morgan fingerprint density at radius 1 is 1.03 bits per heavy atom. The largest absolute Gasteiger partial charge is 0.416 e. The van der Waals surface area contributed by atoms with Gasteiger partial charge in [-0.3, -0.25) is 9.48 Å². The molecule has 1 amide bonds. The van der Waals surface area contributed by atoms with Crippen LogP contribution in [0.5, 0.6) is 0 Å². The Bertz CT molecular complexity index is 1050. The van der Waals surface area contributed by atoms with E-state index in [-0.39, 0.29) is 5.91 Å². The van der Waals surface area contributed by atoms with E-state index in [4.69, 9.17) is 0 Å². The Hall–Kier alpha value is -3.16. The molecule has 2 aromatic heterocycles. The van der Waals surface area contributed by atoms with E-state index < -0.39 is 17.3 Å². The molecule has 0 atom stereocenters. The number of amides is 1. The summed E-state index contributed by atoms with van der Waals surface area (Å²) in [6, 6.07) is 9.77. The van der Waals surface area contributed by atoms with Gasteiger partial charge in [-0.1, -0.05) is 12.1 Å². The van der Waals surface area contributed by atoms with Crippen LogP contribution in [0.3, 0.4) is 0 Å². The number of hydrogen-bond donors (Lipinski definition) is 1. The van der Waals surface area contributed by atoms with Gasteiger partial charge >= 0.3 is 6.18 Å². The molecule has 0 aliphatic rings. The van der Waals surface area contributed by atoms with E-state index in [1.54, 1.807) is 29.1 Å². The maximum Gasteiger partial charge on any atom is 0.416 e. The van der Waals surface area contributed by atoms with Gasteiger partial charge < -0.3 is 5.32 Å². The molecule has 3 aromatic rings. The number of benzene rings is 1. The number of nitrogens with one attached hydrogen (secondary N) is 1. The molecule has 2 heterocycles. The molecule has 0 fully saturated rings. The number of carbonyl (C=O) groups is 1. The van der Waals surface area contributed by atoms with Crippen LogP contribution in [0, 0.1) is 0 Å². The second kappa shape index (κ2) is 7.93. The maximum absolute atomic E-state index is 12.9. The van der Waals surface area contributed by atoms with Gasteiger partial charge in [-0.15, -0.1) is 0 Å². The highest BCUT2D eigenvalue weighted by molar-refractivity contribution is 5.96. The highest BCUT2D eigenvalue weighted by Crippen LogP contribution is 2.31. The molecule has 158 valence electrons. The molecule has 0 radical (unpaired) electrons. The van der Waals surface area contributed by atoms with Crippen molar-refractivity contribution in [2.75, 3.05) is 0 Å². The van der Waals surface area contributed by atoms with Gasteiger partial charge in [0.25, 0.3) is 5.91 Å². The lowest BCUT2D eigenvalue weighted by molar-refractivity contribution is -0.137. The number of aromatic nitrogens is 3. The van der Waals surface area contributed by atoms with Crippen molar-refractivity contribution in [2.45, 2.75) is 46.0 Å². The smallest absolute Gasteiger partial charge is 0.347 e. The molecule has 0 unspecified atom stereocenters. The van der Waals surface area contributed by atoms with Gasteiger partial charge in [-0.25, -0.2) is 4.98 Å². The molecule has 8 heteroatoms. The molecule has 30 heavy (non-hydrogen) atoms. The minimum atomic E-state index is -4.42. The summed E-state index contributed by atoms with van der Waals surface area (Å²) in [6.07, 6.45) is -2.78. The van der Waals surface area contributed by atoms with Gasteiger partial charge in [0.2, 0.25) is 0 Å². The quantitative estimate of drug-likeness (QED) is 0.638. The van der Waals surface area contributed by atoms with Gasteiger partial charge in [0, 0.05) is 29.4 Å².